The lowest BCUT2D eigenvalue weighted by atomic mass is 10.7. The summed E-state index contributed by atoms with van der Waals surface area (Å²) < 4.78 is 0. The Morgan fingerprint density at radius 3 is 2.78 bits per heavy atom. The van der Waals surface area contributed by atoms with Crippen molar-refractivity contribution in [2.75, 3.05) is 0 Å². The second-order valence-electron chi connectivity index (χ2n) is 1.31. The fourth-order valence-electron chi connectivity index (χ4n) is 0.344. The predicted molar refractivity (Wildman–Crippen MR) is 38.2 cm³/mol. The molecule has 1 heterocycles. The average molecular weight is 164 g/mol. The van der Waals surface area contributed by atoms with Crippen molar-refractivity contribution in [1.29, 1.82) is 0 Å². The molecule has 0 radical (unpaired) electrons. The van der Waals surface area contributed by atoms with Gasteiger partial charge in [-0.25, -0.2) is 9.79 Å². The molecule has 0 aliphatic carbocycles. The highest BCUT2D eigenvalue weighted by Crippen LogP contribution is 2.33. The van der Waals surface area contributed by atoms with Gasteiger partial charge in [-0.05, 0) is 21.6 Å². The molecular weight excluding hydrogens is 160 g/mol. The molecule has 1 atom stereocenters. The number of hydrogen-bond acceptors (Lipinski definition) is 5. The van der Waals surface area contributed by atoms with Crippen LogP contribution in [0.2, 0.25) is 0 Å². The molecule has 50 valence electrons. The highest BCUT2D eigenvalue weighted by Gasteiger charge is 2.20. The van der Waals surface area contributed by atoms with E-state index in [-0.39, 0.29) is 5.04 Å². The summed E-state index contributed by atoms with van der Waals surface area (Å²) in [5.41, 5.74) is 4.85. The maximum absolute atomic E-state index is 10.1. The van der Waals surface area contributed by atoms with E-state index in [9.17, 15) is 4.79 Å². The largest absolute Gasteiger partial charge is 0.476 e. The zero-order valence-corrected chi connectivity index (χ0v) is 5.91. The van der Waals surface area contributed by atoms with Crippen LogP contribution >= 0.6 is 21.6 Å². The van der Waals surface area contributed by atoms with E-state index in [0.29, 0.717) is 0 Å². The molecule has 0 aromatic heterocycles. The number of nitrogens with zero attached hydrogens (tertiary/aromatic N) is 1. The fraction of sp³-hybridized carbons (Fsp3) is 0.333. The lowest BCUT2D eigenvalue weighted by Crippen LogP contribution is -2.10. The minimum atomic E-state index is -1.000. The molecule has 0 bridgehead atoms. The number of hydrogen-bond donors (Lipinski definition) is 2. The van der Waals surface area contributed by atoms with Gasteiger partial charge < -0.3 is 10.8 Å². The summed E-state index contributed by atoms with van der Waals surface area (Å²) in [5.74, 6) is -1.000. The standard InChI is InChI=1S/C3H4N2O2S2/c4-3-5-1(2(6)7)8-9-3/h3H,4H2,(H,6,7). The molecular formula is C3H4N2O2S2. The minimum absolute atomic E-state index is 0.0903. The van der Waals surface area contributed by atoms with Crippen LogP contribution in [0.25, 0.3) is 0 Å². The second-order valence-corrected chi connectivity index (χ2v) is 3.62. The van der Waals surface area contributed by atoms with E-state index in [2.05, 4.69) is 4.99 Å². The molecule has 0 amide bonds. The monoisotopic (exact) mass is 164 g/mol. The van der Waals surface area contributed by atoms with Crippen molar-refractivity contribution < 1.29 is 9.90 Å². The van der Waals surface area contributed by atoms with Crippen LogP contribution in [-0.2, 0) is 4.79 Å². The first-order valence-electron chi connectivity index (χ1n) is 2.10. The molecule has 6 heteroatoms. The molecule has 0 fully saturated rings. The normalized spacial score (nSPS) is 25.9. The number of nitrogens with two attached hydrogens (primary N) is 1. The van der Waals surface area contributed by atoms with Crippen molar-refractivity contribution in [3.63, 3.8) is 0 Å². The van der Waals surface area contributed by atoms with Gasteiger partial charge in [-0.1, -0.05) is 0 Å². The Balaban J connectivity index is 2.62. The highest BCUT2D eigenvalue weighted by molar-refractivity contribution is 8.83. The fourth-order valence-corrected chi connectivity index (χ4v) is 2.02. The first-order valence-corrected chi connectivity index (χ1v) is 4.31. The zero-order chi connectivity index (χ0) is 6.85. The Bertz CT molecular complexity index is 169. The smallest absolute Gasteiger partial charge is 0.361 e. The molecule has 4 nitrogen and oxygen atoms in total. The third-order valence-corrected chi connectivity index (χ3v) is 2.84. The van der Waals surface area contributed by atoms with Crippen LogP contribution in [0.4, 0.5) is 0 Å². The van der Waals surface area contributed by atoms with E-state index in [0.717, 1.165) is 10.8 Å². The van der Waals surface area contributed by atoms with Gasteiger partial charge in [0.1, 0.15) is 0 Å². The molecule has 1 aliphatic rings. The Morgan fingerprint density at radius 2 is 2.56 bits per heavy atom. The van der Waals surface area contributed by atoms with Gasteiger partial charge in [0.05, 0.1) is 0 Å². The molecule has 0 saturated carbocycles. The van der Waals surface area contributed by atoms with Gasteiger partial charge in [0.25, 0.3) is 0 Å². The molecule has 0 saturated heterocycles. The van der Waals surface area contributed by atoms with Crippen molar-refractivity contribution in [3.8, 4) is 0 Å². The predicted octanol–water partition coefficient (Wildman–Crippen LogP) is 0.107. The summed E-state index contributed by atoms with van der Waals surface area (Å²) in [7, 11) is 2.34. The Labute approximate surface area is 59.3 Å². The Hall–Kier alpha value is -0.200. The SMILES string of the molecule is NC1N=C(C(=O)O)SS1. The minimum Gasteiger partial charge on any atom is -0.476 e. The number of carboxylic acids is 1. The van der Waals surface area contributed by atoms with Crippen LogP contribution in [0, 0.1) is 0 Å². The van der Waals surface area contributed by atoms with Crippen LogP contribution in [0.3, 0.4) is 0 Å². The number of aliphatic imine (C=N–C) groups is 1. The summed E-state index contributed by atoms with van der Waals surface area (Å²) in [6.45, 7) is 0. The van der Waals surface area contributed by atoms with Gasteiger partial charge >= 0.3 is 5.97 Å². The average Bonchev–Trinajstić information content (AvgIpc) is 2.14. The summed E-state index contributed by atoms with van der Waals surface area (Å²) in [6, 6.07) is 0. The second kappa shape index (κ2) is 2.59. The van der Waals surface area contributed by atoms with Crippen molar-refractivity contribution >= 4 is 32.6 Å². The third-order valence-electron chi connectivity index (χ3n) is 0.653. The molecule has 9 heavy (non-hydrogen) atoms. The number of carboxylic acid groups (broad SMARTS) is 1. The van der Waals surface area contributed by atoms with Crippen molar-refractivity contribution in [2.24, 2.45) is 10.7 Å². The van der Waals surface area contributed by atoms with Crippen molar-refractivity contribution in [2.45, 2.75) is 5.50 Å². The maximum Gasteiger partial charge on any atom is 0.361 e. The number of carbonyl (C=O) groups is 1. The Morgan fingerprint density at radius 1 is 1.89 bits per heavy atom. The maximum atomic E-state index is 10.1. The van der Waals surface area contributed by atoms with E-state index in [1.165, 1.54) is 10.8 Å². The topological polar surface area (TPSA) is 75.7 Å². The van der Waals surface area contributed by atoms with Crippen LogP contribution in [0.15, 0.2) is 4.99 Å². The van der Waals surface area contributed by atoms with Gasteiger partial charge in [0.2, 0.25) is 0 Å². The number of rotatable bonds is 1. The first kappa shape index (κ1) is 6.91. The highest BCUT2D eigenvalue weighted by atomic mass is 33.1. The molecule has 1 unspecified atom stereocenters. The van der Waals surface area contributed by atoms with Gasteiger partial charge in [0.15, 0.2) is 10.5 Å². The van der Waals surface area contributed by atoms with Gasteiger partial charge in [0, 0.05) is 0 Å². The van der Waals surface area contributed by atoms with Crippen molar-refractivity contribution in [1.82, 2.24) is 0 Å². The quantitative estimate of drug-likeness (QED) is 0.538. The van der Waals surface area contributed by atoms with Crippen LogP contribution in [0.1, 0.15) is 0 Å². The Kier molecular flexibility index (Phi) is 1.99. The molecule has 0 aromatic carbocycles. The lowest BCUT2D eigenvalue weighted by Gasteiger charge is -1.87. The molecule has 1 rings (SSSR count). The molecule has 0 aromatic rings. The van der Waals surface area contributed by atoms with Crippen LogP contribution in [0.5, 0.6) is 0 Å². The number of aliphatic carboxylic acids is 1. The summed E-state index contributed by atoms with van der Waals surface area (Å²) in [5, 5.41) is 8.40. The first-order chi connectivity index (χ1) is 4.20. The van der Waals surface area contributed by atoms with Crippen LogP contribution < -0.4 is 5.73 Å². The molecule has 0 spiro atoms. The summed E-state index contributed by atoms with van der Waals surface area (Å²) in [4.78, 5) is 13.7. The van der Waals surface area contributed by atoms with E-state index in [1.54, 1.807) is 0 Å². The summed E-state index contributed by atoms with van der Waals surface area (Å²) in [6.07, 6.45) is 0. The van der Waals surface area contributed by atoms with Gasteiger partial charge in [-0.15, -0.1) is 0 Å². The van der Waals surface area contributed by atoms with E-state index >= 15 is 0 Å². The van der Waals surface area contributed by atoms with Gasteiger partial charge in [-0.2, -0.15) is 0 Å². The van der Waals surface area contributed by atoms with E-state index in [4.69, 9.17) is 10.8 Å². The van der Waals surface area contributed by atoms with Gasteiger partial charge in [-0.3, -0.25) is 0 Å². The van der Waals surface area contributed by atoms with Crippen molar-refractivity contribution in [3.05, 3.63) is 0 Å². The molecule has 1 aliphatic heterocycles. The van der Waals surface area contributed by atoms with Crippen LogP contribution in [-0.4, -0.2) is 21.6 Å². The van der Waals surface area contributed by atoms with E-state index in [1.807, 2.05) is 0 Å². The lowest BCUT2D eigenvalue weighted by molar-refractivity contribution is -0.129. The third kappa shape index (κ3) is 1.60. The van der Waals surface area contributed by atoms with E-state index < -0.39 is 11.5 Å². The molecule has 3 N–H and O–H groups in total. The summed E-state index contributed by atoms with van der Waals surface area (Å²) >= 11 is 0. The zero-order valence-electron chi connectivity index (χ0n) is 4.27.